The standard InChI is InChI=1S/C11H11FN2O3/c12-7-2-1-3-8(10(7)13)14-5-6(11(16)17)4-9(14)15/h1-3,6H,4-5,13H2,(H,16,17). The van der Waals surface area contributed by atoms with E-state index in [2.05, 4.69) is 0 Å². The lowest BCUT2D eigenvalue weighted by molar-refractivity contribution is -0.141. The predicted octanol–water partition coefficient (Wildman–Crippen LogP) is 0.845. The molecule has 0 bridgehead atoms. The molecule has 1 aromatic rings. The van der Waals surface area contributed by atoms with Gasteiger partial charge in [0.05, 0.1) is 17.3 Å². The van der Waals surface area contributed by atoms with Gasteiger partial charge in [0.2, 0.25) is 5.91 Å². The number of aliphatic carboxylic acids is 1. The minimum absolute atomic E-state index is 0.0296. The number of carboxylic acids is 1. The first-order valence-corrected chi connectivity index (χ1v) is 5.08. The quantitative estimate of drug-likeness (QED) is 0.748. The molecule has 0 aromatic heterocycles. The third-order valence-electron chi connectivity index (χ3n) is 2.79. The highest BCUT2D eigenvalue weighted by Gasteiger charge is 2.35. The Kier molecular flexibility index (Phi) is 2.71. The van der Waals surface area contributed by atoms with E-state index in [-0.39, 0.29) is 30.2 Å². The van der Waals surface area contributed by atoms with Gasteiger partial charge in [-0.15, -0.1) is 0 Å². The lowest BCUT2D eigenvalue weighted by atomic mass is 10.1. The summed E-state index contributed by atoms with van der Waals surface area (Å²) >= 11 is 0. The SMILES string of the molecule is Nc1c(F)cccc1N1CC(C(=O)O)CC1=O. The van der Waals surface area contributed by atoms with Crippen LogP contribution in [0.15, 0.2) is 18.2 Å². The summed E-state index contributed by atoms with van der Waals surface area (Å²) in [5, 5.41) is 8.84. The average Bonchev–Trinajstić information content (AvgIpc) is 2.65. The summed E-state index contributed by atoms with van der Waals surface area (Å²) < 4.78 is 13.2. The van der Waals surface area contributed by atoms with Gasteiger partial charge in [-0.1, -0.05) is 6.07 Å². The minimum atomic E-state index is -1.03. The molecular formula is C11H11FN2O3. The number of carbonyl (C=O) groups is 2. The van der Waals surface area contributed by atoms with Gasteiger partial charge in [-0.25, -0.2) is 4.39 Å². The van der Waals surface area contributed by atoms with E-state index < -0.39 is 17.7 Å². The van der Waals surface area contributed by atoms with Gasteiger partial charge in [0, 0.05) is 13.0 Å². The van der Waals surface area contributed by atoms with Crippen LogP contribution >= 0.6 is 0 Å². The van der Waals surface area contributed by atoms with Gasteiger partial charge < -0.3 is 15.7 Å². The molecule has 0 aliphatic carbocycles. The predicted molar refractivity (Wildman–Crippen MR) is 58.9 cm³/mol. The van der Waals surface area contributed by atoms with Crippen molar-refractivity contribution >= 4 is 23.3 Å². The van der Waals surface area contributed by atoms with Crippen LogP contribution < -0.4 is 10.6 Å². The molecule has 1 aliphatic heterocycles. The Morgan fingerprint density at radius 1 is 1.53 bits per heavy atom. The number of rotatable bonds is 2. The molecule has 0 saturated carbocycles. The summed E-state index contributed by atoms with van der Waals surface area (Å²) in [7, 11) is 0. The van der Waals surface area contributed by atoms with Gasteiger partial charge in [-0.2, -0.15) is 0 Å². The number of hydrogen-bond donors (Lipinski definition) is 2. The summed E-state index contributed by atoms with van der Waals surface area (Å²) in [6.45, 7) is 0.0296. The fourth-order valence-corrected chi connectivity index (χ4v) is 1.87. The molecule has 3 N–H and O–H groups in total. The van der Waals surface area contributed by atoms with Crippen molar-refractivity contribution in [1.29, 1.82) is 0 Å². The van der Waals surface area contributed by atoms with E-state index in [9.17, 15) is 14.0 Å². The number of carbonyl (C=O) groups excluding carboxylic acids is 1. The zero-order valence-electron chi connectivity index (χ0n) is 8.89. The fourth-order valence-electron chi connectivity index (χ4n) is 1.87. The summed E-state index contributed by atoms with van der Waals surface area (Å²) in [6, 6.07) is 4.12. The smallest absolute Gasteiger partial charge is 0.308 e. The zero-order chi connectivity index (χ0) is 12.6. The summed E-state index contributed by atoms with van der Waals surface area (Å²) in [4.78, 5) is 23.6. The van der Waals surface area contributed by atoms with Crippen LogP contribution in [0.2, 0.25) is 0 Å². The minimum Gasteiger partial charge on any atom is -0.481 e. The Morgan fingerprint density at radius 2 is 2.24 bits per heavy atom. The van der Waals surface area contributed by atoms with Crippen molar-refractivity contribution in [1.82, 2.24) is 0 Å². The third-order valence-corrected chi connectivity index (χ3v) is 2.79. The molecule has 1 saturated heterocycles. The second-order valence-electron chi connectivity index (χ2n) is 3.92. The van der Waals surface area contributed by atoms with Crippen LogP contribution in [-0.4, -0.2) is 23.5 Å². The number of nitrogen functional groups attached to an aromatic ring is 1. The monoisotopic (exact) mass is 238 g/mol. The second kappa shape index (κ2) is 4.04. The maximum Gasteiger partial charge on any atom is 0.308 e. The van der Waals surface area contributed by atoms with Crippen LogP contribution in [0, 0.1) is 11.7 Å². The average molecular weight is 238 g/mol. The molecule has 1 unspecified atom stereocenters. The van der Waals surface area contributed by atoms with Crippen molar-refractivity contribution in [2.24, 2.45) is 5.92 Å². The molecule has 90 valence electrons. The van der Waals surface area contributed by atoms with Gasteiger partial charge in [0.1, 0.15) is 5.82 Å². The Labute approximate surface area is 96.6 Å². The molecule has 17 heavy (non-hydrogen) atoms. The van der Waals surface area contributed by atoms with Crippen molar-refractivity contribution in [3.8, 4) is 0 Å². The Hall–Kier alpha value is -2.11. The van der Waals surface area contributed by atoms with Crippen LogP contribution in [0.4, 0.5) is 15.8 Å². The van der Waals surface area contributed by atoms with Gasteiger partial charge in [0.25, 0.3) is 0 Å². The number of benzene rings is 1. The van der Waals surface area contributed by atoms with Crippen molar-refractivity contribution < 1.29 is 19.1 Å². The number of amides is 1. The molecule has 6 heteroatoms. The van der Waals surface area contributed by atoms with E-state index in [1.165, 1.54) is 23.1 Å². The van der Waals surface area contributed by atoms with E-state index in [1.807, 2.05) is 0 Å². The van der Waals surface area contributed by atoms with Crippen LogP contribution in [-0.2, 0) is 9.59 Å². The first-order valence-electron chi connectivity index (χ1n) is 5.08. The van der Waals surface area contributed by atoms with Gasteiger partial charge in [-0.05, 0) is 12.1 Å². The van der Waals surface area contributed by atoms with E-state index >= 15 is 0 Å². The zero-order valence-corrected chi connectivity index (χ0v) is 8.89. The molecule has 5 nitrogen and oxygen atoms in total. The van der Waals surface area contributed by atoms with Crippen LogP contribution in [0.1, 0.15) is 6.42 Å². The highest BCUT2D eigenvalue weighted by Crippen LogP contribution is 2.31. The van der Waals surface area contributed by atoms with Crippen LogP contribution in [0.5, 0.6) is 0 Å². The van der Waals surface area contributed by atoms with Crippen molar-refractivity contribution in [3.63, 3.8) is 0 Å². The lowest BCUT2D eigenvalue weighted by Gasteiger charge is -2.18. The van der Waals surface area contributed by atoms with E-state index in [0.29, 0.717) is 0 Å². The summed E-state index contributed by atoms with van der Waals surface area (Å²) in [5.41, 5.74) is 5.63. The number of para-hydroxylation sites is 1. The number of halogens is 1. The highest BCUT2D eigenvalue weighted by molar-refractivity contribution is 6.01. The number of carboxylic acid groups (broad SMARTS) is 1. The van der Waals surface area contributed by atoms with E-state index in [4.69, 9.17) is 10.8 Å². The first kappa shape index (κ1) is 11.4. The molecule has 0 spiro atoms. The van der Waals surface area contributed by atoms with E-state index in [1.54, 1.807) is 0 Å². The lowest BCUT2D eigenvalue weighted by Crippen LogP contribution is -2.26. The number of anilines is 2. The number of hydrogen-bond acceptors (Lipinski definition) is 3. The molecule has 1 fully saturated rings. The van der Waals surface area contributed by atoms with Crippen molar-refractivity contribution in [3.05, 3.63) is 24.0 Å². The molecule has 1 aliphatic rings. The maximum absolute atomic E-state index is 13.2. The topological polar surface area (TPSA) is 83.6 Å². The van der Waals surface area contributed by atoms with Crippen molar-refractivity contribution in [2.45, 2.75) is 6.42 Å². The van der Waals surface area contributed by atoms with Gasteiger partial charge in [-0.3, -0.25) is 9.59 Å². The Balaban J connectivity index is 2.32. The Bertz CT molecular complexity index is 490. The van der Waals surface area contributed by atoms with Gasteiger partial charge >= 0.3 is 5.97 Å². The first-order chi connectivity index (χ1) is 8.00. The van der Waals surface area contributed by atoms with Crippen molar-refractivity contribution in [2.75, 3.05) is 17.2 Å². The van der Waals surface area contributed by atoms with Gasteiger partial charge in [0.15, 0.2) is 0 Å². The fraction of sp³-hybridized carbons (Fsp3) is 0.273. The van der Waals surface area contributed by atoms with Crippen LogP contribution in [0.25, 0.3) is 0 Å². The maximum atomic E-state index is 13.2. The second-order valence-corrected chi connectivity index (χ2v) is 3.92. The summed E-state index contributed by atoms with van der Waals surface area (Å²) in [5.74, 6) is -2.76. The Morgan fingerprint density at radius 3 is 2.82 bits per heavy atom. The van der Waals surface area contributed by atoms with E-state index in [0.717, 1.165) is 0 Å². The molecule has 1 atom stereocenters. The molecule has 2 rings (SSSR count). The van der Waals surface area contributed by atoms with Crippen LogP contribution in [0.3, 0.4) is 0 Å². The number of nitrogens with two attached hydrogens (primary N) is 1. The molecular weight excluding hydrogens is 227 g/mol. The number of nitrogens with zero attached hydrogens (tertiary/aromatic N) is 1. The molecule has 1 aromatic carbocycles. The molecule has 1 heterocycles. The normalized spacial score (nSPS) is 19.7. The summed E-state index contributed by atoms with van der Waals surface area (Å²) in [6.07, 6.45) is -0.0781. The largest absolute Gasteiger partial charge is 0.481 e. The third kappa shape index (κ3) is 1.93. The highest BCUT2D eigenvalue weighted by atomic mass is 19.1. The molecule has 0 radical (unpaired) electrons. The molecule has 1 amide bonds.